The van der Waals surface area contributed by atoms with E-state index in [1.54, 1.807) is 12.4 Å². The maximum atomic E-state index is 12.3. The van der Waals surface area contributed by atoms with E-state index in [0.29, 0.717) is 15.7 Å². The normalized spacial score (nSPS) is 10.8. The molecule has 0 aliphatic heterocycles. The topological polar surface area (TPSA) is 54.9 Å². The standard InChI is InChI=1S/C15H12ClN3OS/c1-2-13-18-8-12(21-13)15(20)19-11-5-3-4-10-9(11)6-7-17-14(10)16/h3-8H,2H2,1H3,(H,19,20). The third kappa shape index (κ3) is 2.75. The van der Waals surface area contributed by atoms with Gasteiger partial charge in [0.15, 0.2) is 0 Å². The van der Waals surface area contributed by atoms with Crippen LogP contribution in [0.2, 0.25) is 5.15 Å². The summed E-state index contributed by atoms with van der Waals surface area (Å²) in [7, 11) is 0. The minimum Gasteiger partial charge on any atom is -0.321 e. The third-order valence-electron chi connectivity index (χ3n) is 3.09. The van der Waals surface area contributed by atoms with E-state index in [1.165, 1.54) is 11.3 Å². The molecule has 1 aromatic carbocycles. The second-order valence-corrected chi connectivity index (χ2v) is 5.90. The number of anilines is 1. The van der Waals surface area contributed by atoms with Gasteiger partial charge in [0.1, 0.15) is 10.0 Å². The first kappa shape index (κ1) is 14.0. The summed E-state index contributed by atoms with van der Waals surface area (Å²) >= 11 is 7.48. The van der Waals surface area contributed by atoms with E-state index in [4.69, 9.17) is 11.6 Å². The van der Waals surface area contributed by atoms with E-state index in [2.05, 4.69) is 15.3 Å². The van der Waals surface area contributed by atoms with Gasteiger partial charge in [0.2, 0.25) is 0 Å². The van der Waals surface area contributed by atoms with Crippen molar-refractivity contribution in [3.8, 4) is 0 Å². The second-order valence-electron chi connectivity index (χ2n) is 4.43. The molecule has 0 radical (unpaired) electrons. The van der Waals surface area contributed by atoms with E-state index >= 15 is 0 Å². The molecule has 6 heteroatoms. The highest BCUT2D eigenvalue weighted by atomic mass is 35.5. The largest absolute Gasteiger partial charge is 0.321 e. The van der Waals surface area contributed by atoms with Crippen molar-refractivity contribution in [2.45, 2.75) is 13.3 Å². The van der Waals surface area contributed by atoms with Gasteiger partial charge in [-0.1, -0.05) is 30.7 Å². The Labute approximate surface area is 130 Å². The molecule has 2 heterocycles. The van der Waals surface area contributed by atoms with Crippen LogP contribution in [0.25, 0.3) is 10.8 Å². The Morgan fingerprint density at radius 1 is 1.29 bits per heavy atom. The Balaban J connectivity index is 1.94. The molecule has 1 amide bonds. The summed E-state index contributed by atoms with van der Waals surface area (Å²) in [6, 6.07) is 7.40. The average molecular weight is 318 g/mol. The fourth-order valence-electron chi connectivity index (χ4n) is 2.04. The minimum absolute atomic E-state index is 0.160. The van der Waals surface area contributed by atoms with Crippen LogP contribution in [0, 0.1) is 0 Å². The average Bonchev–Trinajstić information content (AvgIpc) is 2.97. The number of aromatic nitrogens is 2. The van der Waals surface area contributed by atoms with Crippen LogP contribution >= 0.6 is 22.9 Å². The zero-order valence-electron chi connectivity index (χ0n) is 11.3. The zero-order valence-corrected chi connectivity index (χ0v) is 12.8. The lowest BCUT2D eigenvalue weighted by Gasteiger charge is -2.08. The molecule has 1 N–H and O–H groups in total. The number of thiazole rings is 1. The number of amides is 1. The van der Waals surface area contributed by atoms with E-state index in [1.807, 2.05) is 31.2 Å². The molecule has 0 saturated heterocycles. The number of carbonyl (C=O) groups is 1. The van der Waals surface area contributed by atoms with Crippen LogP contribution < -0.4 is 5.32 Å². The summed E-state index contributed by atoms with van der Waals surface area (Å²) in [5.41, 5.74) is 0.716. The number of nitrogens with one attached hydrogen (secondary N) is 1. The van der Waals surface area contributed by atoms with Crippen LogP contribution in [0.1, 0.15) is 21.6 Å². The zero-order chi connectivity index (χ0) is 14.8. The molecule has 0 aliphatic rings. The van der Waals surface area contributed by atoms with Gasteiger partial charge in [-0.15, -0.1) is 11.3 Å². The number of fused-ring (bicyclic) bond motifs is 1. The number of rotatable bonds is 3. The summed E-state index contributed by atoms with van der Waals surface area (Å²) in [4.78, 5) is 21.1. The Bertz CT molecular complexity index is 816. The number of halogens is 1. The number of carbonyl (C=O) groups excluding carboxylic acids is 1. The van der Waals surface area contributed by atoms with E-state index in [-0.39, 0.29) is 5.91 Å². The van der Waals surface area contributed by atoms with Crippen LogP contribution in [0.5, 0.6) is 0 Å². The van der Waals surface area contributed by atoms with Crippen LogP contribution in [-0.2, 0) is 6.42 Å². The lowest BCUT2D eigenvalue weighted by molar-refractivity contribution is 0.103. The SMILES string of the molecule is CCc1ncc(C(=O)Nc2cccc3c(Cl)nccc23)s1. The maximum absolute atomic E-state index is 12.3. The quantitative estimate of drug-likeness (QED) is 0.738. The number of benzene rings is 1. The van der Waals surface area contributed by atoms with Crippen molar-refractivity contribution in [1.82, 2.24) is 9.97 Å². The molecule has 0 spiro atoms. The van der Waals surface area contributed by atoms with Gasteiger partial charge in [-0.25, -0.2) is 9.97 Å². The van der Waals surface area contributed by atoms with Crippen LogP contribution in [-0.4, -0.2) is 15.9 Å². The molecule has 3 aromatic rings. The Hall–Kier alpha value is -1.98. The fourth-order valence-corrected chi connectivity index (χ4v) is 3.02. The molecule has 2 aromatic heterocycles. The van der Waals surface area contributed by atoms with Gasteiger partial charge in [0.25, 0.3) is 5.91 Å². The van der Waals surface area contributed by atoms with E-state index in [9.17, 15) is 4.79 Å². The highest BCUT2D eigenvalue weighted by Crippen LogP contribution is 2.28. The number of aryl methyl sites for hydroxylation is 1. The molecule has 0 fully saturated rings. The van der Waals surface area contributed by atoms with Crippen LogP contribution in [0.3, 0.4) is 0 Å². The van der Waals surface area contributed by atoms with Crippen molar-refractivity contribution in [2.75, 3.05) is 5.32 Å². The van der Waals surface area contributed by atoms with Gasteiger partial charge >= 0.3 is 0 Å². The Morgan fingerprint density at radius 2 is 2.14 bits per heavy atom. The maximum Gasteiger partial charge on any atom is 0.267 e. The molecule has 0 bridgehead atoms. The molecular weight excluding hydrogens is 306 g/mol. The second kappa shape index (κ2) is 5.79. The number of pyridine rings is 1. The lowest BCUT2D eigenvalue weighted by atomic mass is 10.1. The summed E-state index contributed by atoms with van der Waals surface area (Å²) in [6.07, 6.45) is 4.06. The van der Waals surface area contributed by atoms with Crippen LogP contribution in [0.15, 0.2) is 36.7 Å². The first-order valence-corrected chi connectivity index (χ1v) is 7.67. The lowest BCUT2D eigenvalue weighted by Crippen LogP contribution is -2.10. The van der Waals surface area contributed by atoms with Crippen molar-refractivity contribution in [3.63, 3.8) is 0 Å². The summed E-state index contributed by atoms with van der Waals surface area (Å²) in [5, 5.41) is 5.97. The predicted molar refractivity (Wildman–Crippen MR) is 86.2 cm³/mol. The molecule has 0 unspecified atom stereocenters. The molecule has 0 saturated carbocycles. The van der Waals surface area contributed by atoms with Gasteiger partial charge in [0, 0.05) is 22.7 Å². The molecule has 4 nitrogen and oxygen atoms in total. The van der Waals surface area contributed by atoms with Crippen molar-refractivity contribution >= 4 is 45.3 Å². The van der Waals surface area contributed by atoms with Crippen molar-refractivity contribution in [3.05, 3.63) is 51.7 Å². The van der Waals surface area contributed by atoms with Gasteiger partial charge < -0.3 is 5.32 Å². The van der Waals surface area contributed by atoms with Gasteiger partial charge in [-0.2, -0.15) is 0 Å². The summed E-state index contributed by atoms with van der Waals surface area (Å²) in [6.45, 7) is 2.01. The minimum atomic E-state index is -0.160. The molecule has 0 aliphatic carbocycles. The first-order chi connectivity index (χ1) is 10.2. The summed E-state index contributed by atoms with van der Waals surface area (Å²) in [5.74, 6) is -0.160. The summed E-state index contributed by atoms with van der Waals surface area (Å²) < 4.78 is 0. The number of hydrogen-bond acceptors (Lipinski definition) is 4. The Kier molecular flexibility index (Phi) is 3.86. The van der Waals surface area contributed by atoms with Gasteiger partial charge in [0.05, 0.1) is 11.2 Å². The first-order valence-electron chi connectivity index (χ1n) is 6.48. The fraction of sp³-hybridized carbons (Fsp3) is 0.133. The molecule has 0 atom stereocenters. The van der Waals surface area contributed by atoms with Gasteiger partial charge in [-0.05, 0) is 18.6 Å². The highest BCUT2D eigenvalue weighted by Gasteiger charge is 2.12. The monoisotopic (exact) mass is 317 g/mol. The predicted octanol–water partition coefficient (Wildman–Crippen LogP) is 4.16. The van der Waals surface area contributed by atoms with Crippen molar-refractivity contribution in [1.29, 1.82) is 0 Å². The van der Waals surface area contributed by atoms with E-state index in [0.717, 1.165) is 22.2 Å². The smallest absolute Gasteiger partial charge is 0.267 e. The Morgan fingerprint density at radius 3 is 2.90 bits per heavy atom. The van der Waals surface area contributed by atoms with E-state index < -0.39 is 0 Å². The van der Waals surface area contributed by atoms with Crippen molar-refractivity contribution in [2.24, 2.45) is 0 Å². The molecular formula is C15H12ClN3OS. The molecule has 106 valence electrons. The highest BCUT2D eigenvalue weighted by molar-refractivity contribution is 7.13. The third-order valence-corrected chi connectivity index (χ3v) is 4.53. The number of nitrogens with zero attached hydrogens (tertiary/aromatic N) is 2. The number of hydrogen-bond donors (Lipinski definition) is 1. The van der Waals surface area contributed by atoms with Crippen LogP contribution in [0.4, 0.5) is 5.69 Å². The van der Waals surface area contributed by atoms with Crippen molar-refractivity contribution < 1.29 is 4.79 Å². The molecule has 21 heavy (non-hydrogen) atoms. The molecule has 3 rings (SSSR count). The van der Waals surface area contributed by atoms with Gasteiger partial charge in [-0.3, -0.25) is 4.79 Å².